The first kappa shape index (κ1) is 26.0. The molecule has 186 valence electrons. The van der Waals surface area contributed by atoms with Crippen LogP contribution in [0.4, 0.5) is 8.78 Å². The number of hydrogen-bond acceptors (Lipinski definition) is 7. The molecule has 3 rings (SSSR count). The molecule has 0 radical (unpaired) electrons. The molecule has 1 aliphatic rings. The van der Waals surface area contributed by atoms with E-state index in [1.54, 1.807) is 12.1 Å². The maximum atomic E-state index is 13.1. The van der Waals surface area contributed by atoms with Crippen molar-refractivity contribution in [2.75, 3.05) is 39.5 Å². The van der Waals surface area contributed by atoms with Crippen molar-refractivity contribution in [1.29, 1.82) is 0 Å². The van der Waals surface area contributed by atoms with E-state index < -0.39 is 24.0 Å². The summed E-state index contributed by atoms with van der Waals surface area (Å²) in [7, 11) is 0. The lowest BCUT2D eigenvalue weighted by molar-refractivity contribution is -0.150. The second kappa shape index (κ2) is 12.2. The van der Waals surface area contributed by atoms with Gasteiger partial charge in [-0.2, -0.15) is 0 Å². The van der Waals surface area contributed by atoms with Gasteiger partial charge in [0.2, 0.25) is 0 Å². The predicted molar refractivity (Wildman–Crippen MR) is 122 cm³/mol. The summed E-state index contributed by atoms with van der Waals surface area (Å²) in [4.78, 5) is 14.1. The number of carbonyl (C=O) groups is 1. The summed E-state index contributed by atoms with van der Waals surface area (Å²) in [5.74, 6) is -0.355. The quantitative estimate of drug-likeness (QED) is 0.289. The number of nitrogens with one attached hydrogen (secondary N) is 2. The smallest absolute Gasteiger partial charge is 0.268 e. The molecule has 2 unspecified atom stereocenters. The van der Waals surface area contributed by atoms with Crippen LogP contribution in [0.3, 0.4) is 0 Å². The van der Waals surface area contributed by atoms with Crippen molar-refractivity contribution in [2.45, 2.75) is 31.5 Å². The molecule has 0 aliphatic carbocycles. The zero-order valence-corrected chi connectivity index (χ0v) is 19.0. The summed E-state index contributed by atoms with van der Waals surface area (Å²) < 4.78 is 37.5. The Kier molecular flexibility index (Phi) is 9.31. The number of halogens is 2. The number of carbonyl (C=O) groups excluding carboxylic acids is 1. The van der Waals surface area contributed by atoms with Crippen LogP contribution in [0.1, 0.15) is 12.5 Å². The molecule has 2 aromatic rings. The van der Waals surface area contributed by atoms with E-state index >= 15 is 0 Å². The van der Waals surface area contributed by atoms with Crippen LogP contribution in [-0.4, -0.2) is 78.6 Å². The van der Waals surface area contributed by atoms with E-state index in [-0.39, 0.29) is 6.54 Å². The number of hydroxylamine groups is 1. The topological polar surface area (TPSA) is 103 Å². The Balaban J connectivity index is 1.53. The van der Waals surface area contributed by atoms with Gasteiger partial charge in [0.05, 0.1) is 13.2 Å². The first-order chi connectivity index (χ1) is 16.3. The van der Waals surface area contributed by atoms with Crippen molar-refractivity contribution < 1.29 is 33.4 Å². The fraction of sp³-hybridized carbons (Fsp3) is 0.458. The van der Waals surface area contributed by atoms with E-state index in [0.717, 1.165) is 56.6 Å². The first-order valence-corrected chi connectivity index (χ1v) is 11.1. The van der Waals surface area contributed by atoms with Crippen LogP contribution in [-0.2, 0) is 16.1 Å². The van der Waals surface area contributed by atoms with Gasteiger partial charge in [-0.25, -0.2) is 14.3 Å². The summed E-state index contributed by atoms with van der Waals surface area (Å²) in [6, 6.07) is 13.4. The van der Waals surface area contributed by atoms with Gasteiger partial charge in [-0.1, -0.05) is 36.4 Å². The average Bonchev–Trinajstić information content (AvgIpc) is 2.85. The Bertz CT molecular complexity index is 904. The molecular weight excluding hydrogens is 448 g/mol. The van der Waals surface area contributed by atoms with Gasteiger partial charge in [-0.3, -0.25) is 20.2 Å². The molecule has 10 heteroatoms. The molecule has 0 aromatic heterocycles. The Hall–Kier alpha value is -2.63. The van der Waals surface area contributed by atoms with Gasteiger partial charge < -0.3 is 14.6 Å². The minimum Gasteiger partial charge on any atom is -0.492 e. The summed E-state index contributed by atoms with van der Waals surface area (Å²) in [5, 5.41) is 21.4. The van der Waals surface area contributed by atoms with Gasteiger partial charge in [-0.15, -0.1) is 0 Å². The SMILES string of the molecule is CC(O)(C(F)F)C(NCc1ccc(-c2ccc(OCCN3CCOCC3)cc2)cc1)C(=O)NO. The number of benzene rings is 2. The van der Waals surface area contributed by atoms with Crippen molar-refractivity contribution in [2.24, 2.45) is 0 Å². The Morgan fingerprint density at radius 2 is 1.71 bits per heavy atom. The third-order valence-electron chi connectivity index (χ3n) is 5.83. The van der Waals surface area contributed by atoms with Crippen LogP contribution in [0.15, 0.2) is 48.5 Å². The minimum absolute atomic E-state index is 0.0388. The molecule has 34 heavy (non-hydrogen) atoms. The third-order valence-corrected chi connectivity index (χ3v) is 5.83. The monoisotopic (exact) mass is 479 g/mol. The van der Waals surface area contributed by atoms with Crippen molar-refractivity contribution in [3.63, 3.8) is 0 Å². The highest BCUT2D eigenvalue weighted by molar-refractivity contribution is 5.82. The number of morpholine rings is 1. The molecule has 4 N–H and O–H groups in total. The van der Waals surface area contributed by atoms with Crippen LogP contribution < -0.4 is 15.5 Å². The third kappa shape index (κ3) is 6.94. The summed E-state index contributed by atoms with van der Waals surface area (Å²) in [6.45, 7) is 5.71. The molecule has 8 nitrogen and oxygen atoms in total. The standard InChI is InChI=1S/C24H31F2N3O5/c1-24(31,23(25)26)21(22(30)28-32)27-16-17-2-4-18(5-3-17)19-6-8-20(9-7-19)34-15-12-29-10-13-33-14-11-29/h2-9,21,23,27,31-32H,10-16H2,1H3,(H,28,30). The van der Waals surface area contributed by atoms with E-state index in [1.807, 2.05) is 36.4 Å². The maximum absolute atomic E-state index is 13.1. The number of alkyl halides is 2. The van der Waals surface area contributed by atoms with Gasteiger partial charge in [0.15, 0.2) is 0 Å². The molecule has 2 aromatic carbocycles. The summed E-state index contributed by atoms with van der Waals surface area (Å²) >= 11 is 0. The predicted octanol–water partition coefficient (Wildman–Crippen LogP) is 2.04. The van der Waals surface area contributed by atoms with Gasteiger partial charge >= 0.3 is 0 Å². The number of ether oxygens (including phenoxy) is 2. The number of nitrogens with zero attached hydrogens (tertiary/aromatic N) is 1. The first-order valence-electron chi connectivity index (χ1n) is 11.1. The molecule has 0 bridgehead atoms. The van der Waals surface area contributed by atoms with Gasteiger partial charge in [0.25, 0.3) is 12.3 Å². The molecule has 1 amide bonds. The van der Waals surface area contributed by atoms with Crippen LogP contribution in [0, 0.1) is 0 Å². The van der Waals surface area contributed by atoms with Gasteiger partial charge in [0, 0.05) is 26.2 Å². The van der Waals surface area contributed by atoms with Crippen LogP contribution in [0.5, 0.6) is 5.75 Å². The number of aliphatic hydroxyl groups is 1. The molecule has 0 spiro atoms. The van der Waals surface area contributed by atoms with E-state index in [2.05, 4.69) is 10.2 Å². The second-order valence-corrected chi connectivity index (χ2v) is 8.34. The highest BCUT2D eigenvalue weighted by Crippen LogP contribution is 2.24. The number of hydrogen-bond donors (Lipinski definition) is 4. The average molecular weight is 480 g/mol. The fourth-order valence-electron chi connectivity index (χ4n) is 3.65. The molecule has 1 saturated heterocycles. The lowest BCUT2D eigenvalue weighted by Gasteiger charge is -2.31. The number of rotatable bonds is 11. The second-order valence-electron chi connectivity index (χ2n) is 8.34. The van der Waals surface area contributed by atoms with E-state index in [4.69, 9.17) is 14.7 Å². The van der Waals surface area contributed by atoms with Gasteiger partial charge in [0.1, 0.15) is 24.0 Å². The van der Waals surface area contributed by atoms with Crippen molar-refractivity contribution >= 4 is 5.91 Å². The Morgan fingerprint density at radius 1 is 1.12 bits per heavy atom. The van der Waals surface area contributed by atoms with Crippen LogP contribution >= 0.6 is 0 Å². The highest BCUT2D eigenvalue weighted by Gasteiger charge is 2.44. The van der Waals surface area contributed by atoms with Crippen molar-refractivity contribution in [3.8, 4) is 16.9 Å². The van der Waals surface area contributed by atoms with E-state index in [9.17, 15) is 18.7 Å². The molecule has 1 aliphatic heterocycles. The zero-order valence-electron chi connectivity index (χ0n) is 19.0. The fourth-order valence-corrected chi connectivity index (χ4v) is 3.65. The lowest BCUT2D eigenvalue weighted by Crippen LogP contribution is -2.60. The Labute approximate surface area is 197 Å². The zero-order chi connectivity index (χ0) is 24.6. The molecular formula is C24H31F2N3O5. The minimum atomic E-state index is -3.18. The van der Waals surface area contributed by atoms with E-state index in [0.29, 0.717) is 12.2 Å². The lowest BCUT2D eigenvalue weighted by atomic mass is 9.95. The molecule has 1 fully saturated rings. The van der Waals surface area contributed by atoms with Gasteiger partial charge in [-0.05, 0) is 35.7 Å². The van der Waals surface area contributed by atoms with Crippen LogP contribution in [0.2, 0.25) is 0 Å². The van der Waals surface area contributed by atoms with Crippen LogP contribution in [0.25, 0.3) is 11.1 Å². The summed E-state index contributed by atoms with van der Waals surface area (Å²) in [6.07, 6.45) is -3.18. The molecule has 2 atom stereocenters. The molecule has 1 heterocycles. The molecule has 0 saturated carbocycles. The Morgan fingerprint density at radius 3 is 2.26 bits per heavy atom. The van der Waals surface area contributed by atoms with Crippen molar-refractivity contribution in [1.82, 2.24) is 15.7 Å². The van der Waals surface area contributed by atoms with Crippen molar-refractivity contribution in [3.05, 3.63) is 54.1 Å². The normalized spacial score (nSPS) is 17.2. The largest absolute Gasteiger partial charge is 0.492 e. The summed E-state index contributed by atoms with van der Waals surface area (Å²) in [5.41, 5.74) is 1.31. The highest BCUT2D eigenvalue weighted by atomic mass is 19.3. The van der Waals surface area contributed by atoms with E-state index in [1.165, 1.54) is 5.48 Å². The maximum Gasteiger partial charge on any atom is 0.268 e. The number of amides is 1.